The fraction of sp³-hybridized carbons (Fsp3) is 0.603. The maximum Gasteiger partial charge on any atom is 0.329 e. The normalized spacial score (nSPS) is 23.8. The third-order valence-electron chi connectivity index (χ3n) is 13.6. The van der Waals surface area contributed by atoms with Gasteiger partial charge in [-0.3, -0.25) is 19.2 Å². The van der Waals surface area contributed by atoms with E-state index in [0.717, 1.165) is 31.8 Å². The van der Waals surface area contributed by atoms with Gasteiger partial charge in [0.25, 0.3) is 23.6 Å². The largest absolute Gasteiger partial charge is 0.451 e. The van der Waals surface area contributed by atoms with E-state index < -0.39 is 96.1 Å². The average molecular weight is 1060 g/mol. The monoisotopic (exact) mass is 1060 g/mol. The van der Waals surface area contributed by atoms with Crippen LogP contribution in [0.15, 0.2) is 60.8 Å². The number of esters is 4. The number of carbonyl (C=O) groups excluding carboxylic acids is 8. The van der Waals surface area contributed by atoms with Crippen LogP contribution >= 0.6 is 0 Å². The number of hydrogen-bond acceptors (Lipinski definition) is 13. The molecule has 4 amide bonds. The van der Waals surface area contributed by atoms with Crippen molar-refractivity contribution in [2.24, 2.45) is 23.7 Å². The molecule has 3 aromatic rings. The highest BCUT2D eigenvalue weighted by molar-refractivity contribution is 5.94. The molecular weight excluding hydrogens is 973 g/mol. The van der Waals surface area contributed by atoms with Gasteiger partial charge in [-0.15, -0.1) is 0 Å². The summed E-state index contributed by atoms with van der Waals surface area (Å²) in [5.41, 5.74) is 3.11. The lowest BCUT2D eigenvalue weighted by molar-refractivity contribution is -0.176. The van der Waals surface area contributed by atoms with Gasteiger partial charge in [-0.1, -0.05) is 110 Å². The Labute approximate surface area is 450 Å². The molecular formula is C58H84N6O12. The van der Waals surface area contributed by atoms with E-state index in [1.54, 1.807) is 30.3 Å². The highest BCUT2D eigenvalue weighted by Gasteiger charge is 2.43. The molecule has 8 atom stereocenters. The van der Waals surface area contributed by atoms with Gasteiger partial charge in [0.2, 0.25) is 0 Å². The highest BCUT2D eigenvalue weighted by atomic mass is 16.6. The molecule has 76 heavy (non-hydrogen) atoms. The maximum atomic E-state index is 15.0. The highest BCUT2D eigenvalue weighted by Crippen LogP contribution is 2.24. The number of hydrogen-bond donors (Lipinski definition) is 0. The van der Waals surface area contributed by atoms with Crippen molar-refractivity contribution in [2.75, 3.05) is 28.2 Å². The van der Waals surface area contributed by atoms with Crippen molar-refractivity contribution in [1.82, 2.24) is 29.2 Å². The van der Waals surface area contributed by atoms with Crippen molar-refractivity contribution in [3.63, 3.8) is 0 Å². The van der Waals surface area contributed by atoms with Crippen LogP contribution in [0.25, 0.3) is 0 Å². The molecule has 0 saturated carbocycles. The molecule has 0 aliphatic carbocycles. The summed E-state index contributed by atoms with van der Waals surface area (Å²) in [6.07, 6.45) is -3.80. The number of aryl methyl sites for hydroxylation is 2. The first kappa shape index (κ1) is 62.0. The molecule has 18 heteroatoms. The SMILES string of the molecule is Cc1cn(Cc2ccc(C[C@H]3OC(=O)[C@H](CC(C)C)N(C)C(=O)[C@@H](C)OC(=O)[C@H](CC(C)C)N(C)C(=O)[C@@H](Cc4ccccc4)OC(=O)[C@H](CC(C)C)N(C)C(=O)[C@@H](C)OC(=O)[C@H](CC(C)C)N(C)C3=O)cc2)c(C)n1. The molecule has 1 fully saturated rings. The van der Waals surface area contributed by atoms with Crippen LogP contribution in [0.4, 0.5) is 0 Å². The molecule has 2 aromatic carbocycles. The zero-order valence-electron chi connectivity index (χ0n) is 47.7. The fourth-order valence-electron chi connectivity index (χ4n) is 9.33. The number of ether oxygens (including phenoxy) is 4. The quantitative estimate of drug-likeness (QED) is 0.125. The second-order valence-electron chi connectivity index (χ2n) is 22.2. The Morgan fingerprint density at radius 2 is 0.763 bits per heavy atom. The van der Waals surface area contributed by atoms with Gasteiger partial charge in [0.1, 0.15) is 30.0 Å². The first-order valence-corrected chi connectivity index (χ1v) is 26.6. The predicted octanol–water partition coefficient (Wildman–Crippen LogP) is 6.53. The zero-order chi connectivity index (χ0) is 56.9. The summed E-state index contributed by atoms with van der Waals surface area (Å²) in [4.78, 5) is 125. The summed E-state index contributed by atoms with van der Waals surface area (Å²) >= 11 is 0. The molecule has 0 N–H and O–H groups in total. The van der Waals surface area contributed by atoms with E-state index in [9.17, 15) is 38.4 Å². The number of imidazole rings is 1. The number of benzene rings is 2. The van der Waals surface area contributed by atoms with E-state index in [1.807, 2.05) is 104 Å². The van der Waals surface area contributed by atoms with Gasteiger partial charge in [0.05, 0.1) is 5.69 Å². The van der Waals surface area contributed by atoms with Gasteiger partial charge in [0.15, 0.2) is 24.4 Å². The third kappa shape index (κ3) is 17.2. The van der Waals surface area contributed by atoms with Crippen LogP contribution in [0.5, 0.6) is 0 Å². The lowest BCUT2D eigenvalue weighted by atomic mass is 9.99. The fourth-order valence-corrected chi connectivity index (χ4v) is 9.33. The average Bonchev–Trinajstić information content (AvgIpc) is 3.68. The number of carbonyl (C=O) groups is 8. The van der Waals surface area contributed by atoms with Crippen molar-refractivity contribution in [3.8, 4) is 0 Å². The molecule has 0 radical (unpaired) electrons. The van der Waals surface area contributed by atoms with Crippen LogP contribution in [-0.4, -0.2) is 153 Å². The smallest absolute Gasteiger partial charge is 0.329 e. The minimum Gasteiger partial charge on any atom is -0.451 e. The van der Waals surface area contributed by atoms with E-state index in [2.05, 4.69) is 4.98 Å². The van der Waals surface area contributed by atoms with Gasteiger partial charge in [-0.05, 0) is 93.7 Å². The van der Waals surface area contributed by atoms with Crippen molar-refractivity contribution in [1.29, 1.82) is 0 Å². The Kier molecular flexibility index (Phi) is 22.8. The Bertz CT molecular complexity index is 2460. The molecule has 1 saturated heterocycles. The molecule has 2 heterocycles. The molecule has 4 rings (SSSR count). The van der Waals surface area contributed by atoms with Gasteiger partial charge in [-0.25, -0.2) is 24.2 Å². The molecule has 18 nitrogen and oxygen atoms in total. The minimum atomic E-state index is -1.52. The van der Waals surface area contributed by atoms with Gasteiger partial charge >= 0.3 is 23.9 Å². The third-order valence-corrected chi connectivity index (χ3v) is 13.6. The number of amides is 4. The van der Waals surface area contributed by atoms with Gasteiger partial charge < -0.3 is 43.1 Å². The van der Waals surface area contributed by atoms with Crippen LogP contribution in [0, 0.1) is 37.5 Å². The van der Waals surface area contributed by atoms with Gasteiger partial charge in [0, 0.05) is 53.8 Å². The predicted molar refractivity (Wildman–Crippen MR) is 286 cm³/mol. The van der Waals surface area contributed by atoms with E-state index in [-0.39, 0.29) is 62.2 Å². The van der Waals surface area contributed by atoms with Crippen molar-refractivity contribution in [3.05, 3.63) is 89.0 Å². The van der Waals surface area contributed by atoms with Crippen molar-refractivity contribution < 1.29 is 57.3 Å². The molecule has 0 spiro atoms. The maximum absolute atomic E-state index is 15.0. The van der Waals surface area contributed by atoms with Gasteiger partial charge in [-0.2, -0.15) is 0 Å². The van der Waals surface area contributed by atoms with Crippen molar-refractivity contribution >= 4 is 47.5 Å². The second kappa shape index (κ2) is 28.0. The summed E-state index contributed by atoms with van der Waals surface area (Å²) in [6, 6.07) is 11.3. The Morgan fingerprint density at radius 1 is 0.447 bits per heavy atom. The van der Waals surface area contributed by atoms with Crippen molar-refractivity contribution in [2.45, 2.75) is 177 Å². The lowest BCUT2D eigenvalue weighted by Crippen LogP contribution is -2.55. The number of nitrogens with zero attached hydrogens (tertiary/aromatic N) is 6. The standard InChI is InChI=1S/C58H84N6O12/c1-34(2)26-45-55(69)73-40(11)52(66)61(14)48(29-37(7)8)58(72)76-50(31-43-22-24-44(25-23-43)33-64-32-38(9)59-41(64)12)54(68)63(16)46(27-35(3)4)56(70)74-39(10)51(65)60(13)47(28-36(5)6)57(71)75-49(53(67)62(45)15)30-42-20-18-17-19-21-42/h17-25,32,34-37,39-40,45-50H,26-31,33H2,1-16H3/t39-,40-,45+,46+,47+,48+,49-,50-/m1/s1. The first-order chi connectivity index (χ1) is 35.6. The topological polar surface area (TPSA) is 204 Å². The molecule has 1 aliphatic rings. The number of cyclic esters (lactones) is 4. The van der Waals surface area contributed by atoms with Crippen LogP contribution < -0.4 is 0 Å². The Morgan fingerprint density at radius 3 is 1.09 bits per heavy atom. The van der Waals surface area contributed by atoms with E-state index >= 15 is 0 Å². The molecule has 1 aromatic heterocycles. The van der Waals surface area contributed by atoms with Crippen LogP contribution in [-0.2, 0) is 76.7 Å². The molecule has 0 unspecified atom stereocenters. The van der Waals surface area contributed by atoms with Crippen LogP contribution in [0.2, 0.25) is 0 Å². The summed E-state index contributed by atoms with van der Waals surface area (Å²) in [5, 5.41) is 0. The minimum absolute atomic E-state index is 0.0879. The number of rotatable bonds is 14. The van der Waals surface area contributed by atoms with Crippen LogP contribution in [0.1, 0.15) is 123 Å². The summed E-state index contributed by atoms with van der Waals surface area (Å²) in [5.74, 6) is -6.41. The van der Waals surface area contributed by atoms with E-state index in [0.29, 0.717) is 17.7 Å². The van der Waals surface area contributed by atoms with Crippen LogP contribution in [0.3, 0.4) is 0 Å². The molecule has 1 aliphatic heterocycles. The lowest BCUT2D eigenvalue weighted by Gasteiger charge is -2.35. The Hall–Kier alpha value is -6.59. The zero-order valence-corrected chi connectivity index (χ0v) is 47.7. The summed E-state index contributed by atoms with van der Waals surface area (Å²) in [6.45, 7) is 21.9. The second-order valence-corrected chi connectivity index (χ2v) is 22.2. The Balaban J connectivity index is 1.86. The molecule has 418 valence electrons. The summed E-state index contributed by atoms with van der Waals surface area (Å²) < 4.78 is 26.1. The van der Waals surface area contributed by atoms with E-state index in [1.165, 1.54) is 46.9 Å². The summed E-state index contributed by atoms with van der Waals surface area (Å²) in [7, 11) is 5.58. The first-order valence-electron chi connectivity index (χ1n) is 26.6. The van der Waals surface area contributed by atoms with E-state index in [4.69, 9.17) is 18.9 Å². The molecule has 0 bridgehead atoms. The number of likely N-dealkylation sites (N-methyl/N-ethyl adjacent to an activating group) is 4. The number of aromatic nitrogens is 2.